The van der Waals surface area contributed by atoms with Crippen LogP contribution in [0.15, 0.2) is 24.3 Å². The minimum atomic E-state index is -0.585. The molecular formula is C18H27ClN4O3. The van der Waals surface area contributed by atoms with Gasteiger partial charge in [-0.15, -0.1) is 12.4 Å². The SMILES string of the molecule is CC(C)(C)[C@H](N)C(=O)NCc1ccc(C(=O)N2CCNC(=O)C2)cc1.Cl. The Labute approximate surface area is 160 Å². The summed E-state index contributed by atoms with van der Waals surface area (Å²) >= 11 is 0. The standard InChI is InChI=1S/C18H26N4O3.ClH/c1-18(2,3)15(19)16(24)21-10-12-4-6-13(7-5-12)17(25)22-9-8-20-14(23)11-22;/h4-7,15H,8-11,19H2,1-3H3,(H,20,23)(H,21,24);1H/t15-;/m1./s1. The maximum absolute atomic E-state index is 12.4. The van der Waals surface area contributed by atoms with Gasteiger partial charge in [-0.3, -0.25) is 14.4 Å². The normalized spacial score (nSPS) is 15.5. The van der Waals surface area contributed by atoms with Crippen molar-refractivity contribution < 1.29 is 14.4 Å². The quantitative estimate of drug-likeness (QED) is 0.711. The predicted molar refractivity (Wildman–Crippen MR) is 102 cm³/mol. The molecule has 1 saturated heterocycles. The minimum absolute atomic E-state index is 0. The van der Waals surface area contributed by atoms with E-state index in [1.54, 1.807) is 24.3 Å². The highest BCUT2D eigenvalue weighted by Gasteiger charge is 2.27. The molecule has 1 atom stereocenters. The Hall–Kier alpha value is -2.12. The van der Waals surface area contributed by atoms with E-state index in [1.807, 2.05) is 20.8 Å². The molecule has 0 unspecified atom stereocenters. The molecule has 1 heterocycles. The van der Waals surface area contributed by atoms with Crippen LogP contribution >= 0.6 is 12.4 Å². The number of carbonyl (C=O) groups is 3. The number of nitrogens with zero attached hydrogens (tertiary/aromatic N) is 1. The average Bonchev–Trinajstić information content (AvgIpc) is 2.58. The third-order valence-corrected chi connectivity index (χ3v) is 4.21. The number of nitrogens with two attached hydrogens (primary N) is 1. The molecule has 0 radical (unpaired) electrons. The first kappa shape index (κ1) is 21.9. The molecule has 0 bridgehead atoms. The number of rotatable bonds is 4. The third-order valence-electron chi connectivity index (χ3n) is 4.21. The predicted octanol–water partition coefficient (Wildman–Crippen LogP) is 0.670. The fraction of sp³-hybridized carbons (Fsp3) is 0.500. The summed E-state index contributed by atoms with van der Waals surface area (Å²) < 4.78 is 0. The molecule has 8 heteroatoms. The number of piperazine rings is 1. The number of amides is 3. The molecule has 0 aliphatic carbocycles. The van der Waals surface area contributed by atoms with Gasteiger partial charge in [-0.1, -0.05) is 32.9 Å². The Kier molecular flexibility index (Phi) is 7.59. The van der Waals surface area contributed by atoms with Crippen molar-refractivity contribution in [3.05, 3.63) is 35.4 Å². The van der Waals surface area contributed by atoms with Gasteiger partial charge in [0, 0.05) is 25.2 Å². The third kappa shape index (κ3) is 5.71. The van der Waals surface area contributed by atoms with Gasteiger partial charge in [0.25, 0.3) is 5.91 Å². The average molecular weight is 383 g/mol. The Balaban J connectivity index is 0.00000338. The summed E-state index contributed by atoms with van der Waals surface area (Å²) in [6.07, 6.45) is 0. The summed E-state index contributed by atoms with van der Waals surface area (Å²) in [5.74, 6) is -0.513. The Morgan fingerprint density at radius 2 is 1.88 bits per heavy atom. The first-order valence-corrected chi connectivity index (χ1v) is 8.36. The maximum Gasteiger partial charge on any atom is 0.254 e. The van der Waals surface area contributed by atoms with E-state index in [2.05, 4.69) is 10.6 Å². The van der Waals surface area contributed by atoms with Gasteiger partial charge in [0.05, 0.1) is 12.6 Å². The zero-order chi connectivity index (χ0) is 18.6. The molecule has 26 heavy (non-hydrogen) atoms. The van der Waals surface area contributed by atoms with E-state index in [0.29, 0.717) is 25.2 Å². The molecule has 1 aromatic rings. The van der Waals surface area contributed by atoms with Crippen LogP contribution in [-0.2, 0) is 16.1 Å². The molecule has 144 valence electrons. The van der Waals surface area contributed by atoms with Crippen LogP contribution in [0.4, 0.5) is 0 Å². The monoisotopic (exact) mass is 382 g/mol. The van der Waals surface area contributed by atoms with Crippen LogP contribution in [0.5, 0.6) is 0 Å². The summed E-state index contributed by atoms with van der Waals surface area (Å²) in [5.41, 5.74) is 7.02. The van der Waals surface area contributed by atoms with E-state index in [0.717, 1.165) is 5.56 Å². The van der Waals surface area contributed by atoms with E-state index in [9.17, 15) is 14.4 Å². The molecule has 7 nitrogen and oxygen atoms in total. The number of nitrogens with one attached hydrogen (secondary N) is 2. The van der Waals surface area contributed by atoms with Crippen molar-refractivity contribution in [1.82, 2.24) is 15.5 Å². The Morgan fingerprint density at radius 1 is 1.27 bits per heavy atom. The van der Waals surface area contributed by atoms with Crippen molar-refractivity contribution in [3.63, 3.8) is 0 Å². The lowest BCUT2D eigenvalue weighted by Gasteiger charge is -2.26. The van der Waals surface area contributed by atoms with Crippen LogP contribution < -0.4 is 16.4 Å². The van der Waals surface area contributed by atoms with Gasteiger partial charge in [0.15, 0.2) is 0 Å². The fourth-order valence-electron chi connectivity index (χ4n) is 2.45. The van der Waals surface area contributed by atoms with Crippen LogP contribution in [0.2, 0.25) is 0 Å². The van der Waals surface area contributed by atoms with Crippen molar-refractivity contribution in [1.29, 1.82) is 0 Å². The topological polar surface area (TPSA) is 105 Å². The maximum atomic E-state index is 12.4. The van der Waals surface area contributed by atoms with Gasteiger partial charge < -0.3 is 21.3 Å². The summed E-state index contributed by atoms with van der Waals surface area (Å²) in [5, 5.41) is 5.50. The first-order chi connectivity index (χ1) is 11.7. The van der Waals surface area contributed by atoms with E-state index in [1.165, 1.54) is 4.90 Å². The Bertz CT molecular complexity index is 655. The van der Waals surface area contributed by atoms with E-state index in [-0.39, 0.29) is 42.1 Å². The molecule has 3 amide bonds. The molecule has 1 aliphatic heterocycles. The van der Waals surface area contributed by atoms with E-state index < -0.39 is 6.04 Å². The van der Waals surface area contributed by atoms with Crippen LogP contribution in [0, 0.1) is 5.41 Å². The summed E-state index contributed by atoms with van der Waals surface area (Å²) in [6.45, 7) is 7.16. The number of hydrogen-bond donors (Lipinski definition) is 3. The smallest absolute Gasteiger partial charge is 0.254 e. The summed E-state index contributed by atoms with van der Waals surface area (Å²) in [7, 11) is 0. The highest BCUT2D eigenvalue weighted by Crippen LogP contribution is 2.17. The number of hydrogen-bond acceptors (Lipinski definition) is 4. The zero-order valence-corrected chi connectivity index (χ0v) is 16.2. The largest absolute Gasteiger partial charge is 0.353 e. The number of carbonyl (C=O) groups excluding carboxylic acids is 3. The van der Waals surface area contributed by atoms with Crippen LogP contribution in [-0.4, -0.2) is 48.3 Å². The second-order valence-electron chi connectivity index (χ2n) is 7.34. The second kappa shape index (κ2) is 9.00. The molecule has 1 fully saturated rings. The molecule has 0 spiro atoms. The molecular weight excluding hydrogens is 356 g/mol. The minimum Gasteiger partial charge on any atom is -0.353 e. The van der Waals surface area contributed by atoms with Crippen molar-refractivity contribution in [2.24, 2.45) is 11.1 Å². The summed E-state index contributed by atoms with van der Waals surface area (Å²) in [6, 6.07) is 6.42. The van der Waals surface area contributed by atoms with E-state index in [4.69, 9.17) is 5.73 Å². The van der Waals surface area contributed by atoms with Crippen LogP contribution in [0.1, 0.15) is 36.7 Å². The zero-order valence-electron chi connectivity index (χ0n) is 15.4. The number of benzene rings is 1. The fourth-order valence-corrected chi connectivity index (χ4v) is 2.45. The molecule has 2 rings (SSSR count). The lowest BCUT2D eigenvalue weighted by Crippen LogP contribution is -2.49. The van der Waals surface area contributed by atoms with Crippen LogP contribution in [0.3, 0.4) is 0 Å². The molecule has 1 aromatic carbocycles. The van der Waals surface area contributed by atoms with Gasteiger partial charge >= 0.3 is 0 Å². The number of halogens is 1. The van der Waals surface area contributed by atoms with Crippen molar-refractivity contribution in [3.8, 4) is 0 Å². The van der Waals surface area contributed by atoms with Gasteiger partial charge in [-0.25, -0.2) is 0 Å². The van der Waals surface area contributed by atoms with Crippen molar-refractivity contribution in [2.75, 3.05) is 19.6 Å². The van der Waals surface area contributed by atoms with Gasteiger partial charge in [0.1, 0.15) is 0 Å². The molecule has 0 saturated carbocycles. The summed E-state index contributed by atoms with van der Waals surface area (Å²) in [4.78, 5) is 37.3. The van der Waals surface area contributed by atoms with Crippen LogP contribution in [0.25, 0.3) is 0 Å². The van der Waals surface area contributed by atoms with Gasteiger partial charge in [-0.05, 0) is 23.1 Å². The molecule has 0 aromatic heterocycles. The lowest BCUT2D eigenvalue weighted by atomic mass is 9.87. The van der Waals surface area contributed by atoms with Crippen molar-refractivity contribution >= 4 is 30.1 Å². The highest BCUT2D eigenvalue weighted by atomic mass is 35.5. The van der Waals surface area contributed by atoms with Gasteiger partial charge in [-0.2, -0.15) is 0 Å². The Morgan fingerprint density at radius 3 is 2.42 bits per heavy atom. The van der Waals surface area contributed by atoms with Crippen molar-refractivity contribution in [2.45, 2.75) is 33.4 Å². The second-order valence-corrected chi connectivity index (χ2v) is 7.34. The highest BCUT2D eigenvalue weighted by molar-refractivity contribution is 5.97. The first-order valence-electron chi connectivity index (χ1n) is 8.36. The molecule has 1 aliphatic rings. The van der Waals surface area contributed by atoms with Gasteiger partial charge in [0.2, 0.25) is 11.8 Å². The molecule has 4 N–H and O–H groups in total. The lowest BCUT2D eigenvalue weighted by molar-refractivity contribution is -0.125. The van der Waals surface area contributed by atoms with E-state index >= 15 is 0 Å².